The van der Waals surface area contributed by atoms with Crippen molar-refractivity contribution in [1.29, 1.82) is 0 Å². The Morgan fingerprint density at radius 2 is 0.627 bits per heavy atom. The second-order valence-electron chi connectivity index (χ2n) is 16.7. The van der Waals surface area contributed by atoms with Crippen LogP contribution in [0.1, 0.15) is 201 Å². The molecule has 1 unspecified atom stereocenters. The van der Waals surface area contributed by atoms with Crippen LogP contribution in [0.15, 0.2) is 146 Å². The van der Waals surface area contributed by atoms with Crippen molar-refractivity contribution >= 4 is 17.9 Å². The molecule has 0 amide bonds. The molecule has 0 aliphatic heterocycles. The van der Waals surface area contributed by atoms with E-state index in [1.165, 1.54) is 19.3 Å². The number of hydrogen-bond donors (Lipinski definition) is 0. The molecule has 0 radical (unpaired) electrons. The van der Waals surface area contributed by atoms with Crippen molar-refractivity contribution in [2.24, 2.45) is 0 Å². The van der Waals surface area contributed by atoms with Crippen LogP contribution in [0.2, 0.25) is 0 Å². The van der Waals surface area contributed by atoms with Crippen molar-refractivity contribution in [1.82, 2.24) is 0 Å². The summed E-state index contributed by atoms with van der Waals surface area (Å²) in [6.45, 7) is 6.20. The van der Waals surface area contributed by atoms with Crippen LogP contribution in [0.4, 0.5) is 0 Å². The van der Waals surface area contributed by atoms with E-state index in [2.05, 4.69) is 154 Å². The lowest BCUT2D eigenvalue weighted by atomic mass is 10.1. The molecule has 0 spiro atoms. The van der Waals surface area contributed by atoms with Gasteiger partial charge in [0.1, 0.15) is 13.2 Å². The first-order valence-corrected chi connectivity index (χ1v) is 26.3. The van der Waals surface area contributed by atoms with Crippen molar-refractivity contribution in [2.75, 3.05) is 13.2 Å². The first-order chi connectivity index (χ1) is 33.0. The van der Waals surface area contributed by atoms with Crippen LogP contribution in [0.3, 0.4) is 0 Å². The third kappa shape index (κ3) is 52.1. The Bertz CT molecular complexity index is 1530. The van der Waals surface area contributed by atoms with Gasteiger partial charge in [0.05, 0.1) is 6.42 Å². The van der Waals surface area contributed by atoms with Crippen LogP contribution in [0.25, 0.3) is 0 Å². The molecule has 0 bridgehead atoms. The average Bonchev–Trinajstić information content (AvgIpc) is 3.33. The zero-order chi connectivity index (χ0) is 48.6. The summed E-state index contributed by atoms with van der Waals surface area (Å²) in [7, 11) is 0. The number of carbonyl (C=O) groups is 3. The van der Waals surface area contributed by atoms with Crippen LogP contribution in [-0.4, -0.2) is 37.2 Å². The zero-order valence-electron chi connectivity index (χ0n) is 42.6. The van der Waals surface area contributed by atoms with E-state index in [9.17, 15) is 14.4 Å². The highest BCUT2D eigenvalue weighted by atomic mass is 16.6. The molecule has 0 heterocycles. The minimum atomic E-state index is -0.838. The van der Waals surface area contributed by atoms with Crippen molar-refractivity contribution in [3.05, 3.63) is 146 Å². The number of allylic oxidation sites excluding steroid dienone is 23. The molecule has 67 heavy (non-hydrogen) atoms. The van der Waals surface area contributed by atoms with Gasteiger partial charge in [-0.3, -0.25) is 14.4 Å². The molecule has 0 aromatic carbocycles. The third-order valence-corrected chi connectivity index (χ3v) is 10.4. The number of carbonyl (C=O) groups excluding carboxylic acids is 3. The van der Waals surface area contributed by atoms with Gasteiger partial charge < -0.3 is 14.2 Å². The average molecular weight is 923 g/mol. The molecule has 6 heteroatoms. The number of ether oxygens (including phenoxy) is 3. The van der Waals surface area contributed by atoms with Crippen molar-refractivity contribution in [3.63, 3.8) is 0 Å². The predicted molar refractivity (Wildman–Crippen MR) is 288 cm³/mol. The van der Waals surface area contributed by atoms with Gasteiger partial charge in [-0.2, -0.15) is 0 Å². The normalized spacial score (nSPS) is 13.3. The Labute approximate surface area is 410 Å². The second kappa shape index (κ2) is 53.9. The summed E-state index contributed by atoms with van der Waals surface area (Å²) in [5.41, 5.74) is 0. The van der Waals surface area contributed by atoms with Gasteiger partial charge in [0, 0.05) is 12.8 Å². The highest BCUT2D eigenvalue weighted by Crippen LogP contribution is 2.12. The Balaban J connectivity index is 4.23. The molecule has 6 nitrogen and oxygen atoms in total. The lowest BCUT2D eigenvalue weighted by Gasteiger charge is -2.18. The van der Waals surface area contributed by atoms with E-state index in [0.29, 0.717) is 19.3 Å². The van der Waals surface area contributed by atoms with E-state index < -0.39 is 12.1 Å². The fraction of sp³-hybridized carbons (Fsp3) is 0.557. The molecule has 0 rings (SSSR count). The number of rotatable bonds is 45. The highest BCUT2D eigenvalue weighted by molar-refractivity contribution is 5.72. The molecule has 0 aliphatic carbocycles. The van der Waals surface area contributed by atoms with Crippen LogP contribution in [0, 0.1) is 0 Å². The van der Waals surface area contributed by atoms with E-state index in [1.54, 1.807) is 6.08 Å². The van der Waals surface area contributed by atoms with Crippen LogP contribution < -0.4 is 0 Å². The minimum Gasteiger partial charge on any atom is -0.462 e. The number of esters is 3. The van der Waals surface area contributed by atoms with E-state index in [0.717, 1.165) is 135 Å². The van der Waals surface area contributed by atoms with Crippen molar-refractivity contribution < 1.29 is 28.6 Å². The van der Waals surface area contributed by atoms with E-state index in [-0.39, 0.29) is 31.6 Å². The van der Waals surface area contributed by atoms with Gasteiger partial charge in [-0.15, -0.1) is 0 Å². The lowest BCUT2D eigenvalue weighted by molar-refractivity contribution is -0.166. The van der Waals surface area contributed by atoms with Gasteiger partial charge in [-0.05, 0) is 103 Å². The Morgan fingerprint density at radius 1 is 0.328 bits per heavy atom. The second-order valence-corrected chi connectivity index (χ2v) is 16.7. The molecule has 0 saturated heterocycles. The highest BCUT2D eigenvalue weighted by Gasteiger charge is 2.19. The standard InChI is InChI=1S/C61H94O6/c1-4-7-10-13-15-17-19-21-23-24-25-26-27-28-29-30-31-32-33-34-35-36-38-39-41-43-45-48-51-54-60(63)66-57-58(56-65-59(62)53-50-47-12-9-6-3)67-61(64)55-52-49-46-44-42-40-37-22-20-18-16-14-11-8-5-2/h7-8,10-11,15-18,21-23,25-26,28-29,31-32,34-35,37,42,44,49,52,58H,4-6,9,12-14,19-20,24,27,30,33,36,38-41,43,45-48,50-51,53-57H2,1-3H3/b10-7-,11-8-,17-15-,18-16-,23-21-,26-25-,29-28-,32-31-,35-34-,37-22-,44-42-,52-49-. The Kier molecular flexibility index (Phi) is 50.1. The van der Waals surface area contributed by atoms with Crippen molar-refractivity contribution in [2.45, 2.75) is 207 Å². The summed E-state index contributed by atoms with van der Waals surface area (Å²) in [5, 5.41) is 0. The van der Waals surface area contributed by atoms with Crippen LogP contribution in [0.5, 0.6) is 0 Å². The summed E-state index contributed by atoms with van der Waals surface area (Å²) in [6.07, 6.45) is 77.6. The fourth-order valence-corrected chi connectivity index (χ4v) is 6.50. The number of hydrogen-bond acceptors (Lipinski definition) is 6. The maximum atomic E-state index is 12.7. The number of unbranched alkanes of at least 4 members (excludes halogenated alkanes) is 11. The molecule has 1 atom stereocenters. The quantitative estimate of drug-likeness (QED) is 0.0262. The molecule has 0 aliphatic rings. The largest absolute Gasteiger partial charge is 0.462 e. The monoisotopic (exact) mass is 923 g/mol. The molecule has 374 valence electrons. The van der Waals surface area contributed by atoms with Gasteiger partial charge in [0.15, 0.2) is 6.10 Å². The zero-order valence-corrected chi connectivity index (χ0v) is 42.6. The summed E-state index contributed by atoms with van der Waals surface area (Å²) in [5.74, 6) is -1.10. The third-order valence-electron chi connectivity index (χ3n) is 10.4. The summed E-state index contributed by atoms with van der Waals surface area (Å²) in [6, 6.07) is 0. The lowest BCUT2D eigenvalue weighted by Crippen LogP contribution is -2.30. The maximum Gasteiger partial charge on any atom is 0.310 e. The van der Waals surface area contributed by atoms with Crippen LogP contribution in [-0.2, 0) is 28.6 Å². The molecule has 0 saturated carbocycles. The van der Waals surface area contributed by atoms with Gasteiger partial charge in [0.25, 0.3) is 0 Å². The SMILES string of the molecule is CC/C=C\C/C=C\C/C=C\C/C=C\C/C=C\C/C=C\C/C=C\CCCCCCCCCC(=O)OCC(COC(=O)CCCCCCC)OC(=O)C/C=C\C/C=C\C/C=C\C/C=C\C/C=C\CC. The molecular weight excluding hydrogens is 829 g/mol. The predicted octanol–water partition coefficient (Wildman–Crippen LogP) is 17.6. The summed E-state index contributed by atoms with van der Waals surface area (Å²) < 4.78 is 16.5. The minimum absolute atomic E-state index is 0.0884. The van der Waals surface area contributed by atoms with E-state index in [4.69, 9.17) is 14.2 Å². The maximum absolute atomic E-state index is 12.7. The summed E-state index contributed by atoms with van der Waals surface area (Å²) >= 11 is 0. The van der Waals surface area contributed by atoms with Gasteiger partial charge in [-0.1, -0.05) is 224 Å². The van der Waals surface area contributed by atoms with Gasteiger partial charge in [-0.25, -0.2) is 0 Å². The molecule has 0 aromatic rings. The molecule has 0 fully saturated rings. The van der Waals surface area contributed by atoms with Crippen molar-refractivity contribution in [3.8, 4) is 0 Å². The van der Waals surface area contributed by atoms with Gasteiger partial charge in [0.2, 0.25) is 0 Å². The first kappa shape index (κ1) is 62.3. The molecule has 0 N–H and O–H groups in total. The molecule has 0 aromatic heterocycles. The summed E-state index contributed by atoms with van der Waals surface area (Å²) in [4.78, 5) is 37.6. The fourth-order valence-electron chi connectivity index (χ4n) is 6.50. The topological polar surface area (TPSA) is 78.9 Å². The Morgan fingerprint density at radius 3 is 0.985 bits per heavy atom. The smallest absolute Gasteiger partial charge is 0.310 e. The first-order valence-electron chi connectivity index (χ1n) is 26.3. The Hall–Kier alpha value is -4.71. The van der Waals surface area contributed by atoms with Gasteiger partial charge >= 0.3 is 17.9 Å². The molecular formula is C61H94O6. The van der Waals surface area contributed by atoms with E-state index in [1.807, 2.05) is 6.08 Å². The van der Waals surface area contributed by atoms with E-state index >= 15 is 0 Å². The van der Waals surface area contributed by atoms with Crippen LogP contribution >= 0.6 is 0 Å².